The third kappa shape index (κ3) is 5.74. The highest BCUT2D eigenvalue weighted by Gasteiger charge is 2.08. The maximum Gasteiger partial charge on any atom is 0.224 e. The first-order chi connectivity index (χ1) is 13.2. The Bertz CT molecular complexity index is 867. The minimum absolute atomic E-state index is 0.103. The van der Waals surface area contributed by atoms with E-state index in [1.54, 1.807) is 42.6 Å². The van der Waals surface area contributed by atoms with Crippen molar-refractivity contribution in [1.29, 1.82) is 0 Å². The number of pyridine rings is 1. The van der Waals surface area contributed by atoms with Crippen molar-refractivity contribution in [1.82, 2.24) is 4.98 Å². The molecule has 6 nitrogen and oxygen atoms in total. The highest BCUT2D eigenvalue weighted by atomic mass is 16.5. The first kappa shape index (κ1) is 18.3. The molecule has 0 fully saturated rings. The van der Waals surface area contributed by atoms with E-state index in [4.69, 9.17) is 4.74 Å². The van der Waals surface area contributed by atoms with Crippen LogP contribution in [0.15, 0.2) is 72.9 Å². The maximum atomic E-state index is 12.2. The number of ether oxygens (including phenoxy) is 1. The van der Waals surface area contributed by atoms with Crippen LogP contribution in [-0.4, -0.2) is 22.6 Å². The van der Waals surface area contributed by atoms with E-state index in [1.807, 2.05) is 30.3 Å². The number of carbonyl (C=O) groups excluding carboxylic acids is 1. The number of anilines is 3. The predicted molar refractivity (Wildman–Crippen MR) is 105 cm³/mol. The van der Waals surface area contributed by atoms with Gasteiger partial charge in [-0.05, 0) is 55.0 Å². The van der Waals surface area contributed by atoms with Crippen LogP contribution in [0.1, 0.15) is 12.8 Å². The normalized spacial score (nSPS) is 10.2. The van der Waals surface area contributed by atoms with Crippen LogP contribution >= 0.6 is 0 Å². The van der Waals surface area contributed by atoms with Crippen molar-refractivity contribution >= 4 is 23.1 Å². The highest BCUT2D eigenvalue weighted by molar-refractivity contribution is 5.94. The molecule has 0 saturated carbocycles. The first-order valence-corrected chi connectivity index (χ1v) is 8.69. The molecule has 3 rings (SSSR count). The zero-order valence-electron chi connectivity index (χ0n) is 14.8. The molecule has 6 heteroatoms. The summed E-state index contributed by atoms with van der Waals surface area (Å²) >= 11 is 0. The molecule has 0 radical (unpaired) electrons. The number of hydrogen-bond acceptors (Lipinski definition) is 5. The van der Waals surface area contributed by atoms with Gasteiger partial charge in [0.2, 0.25) is 5.91 Å². The van der Waals surface area contributed by atoms with Crippen molar-refractivity contribution in [3.8, 4) is 11.5 Å². The zero-order chi connectivity index (χ0) is 18.9. The second kappa shape index (κ2) is 9.24. The summed E-state index contributed by atoms with van der Waals surface area (Å²) in [5, 5.41) is 15.4. The molecule has 0 saturated heterocycles. The summed E-state index contributed by atoms with van der Waals surface area (Å²) in [6.45, 7) is 0.475. The fourth-order valence-corrected chi connectivity index (χ4v) is 2.44. The molecular weight excluding hydrogens is 342 g/mol. The molecule has 0 aliphatic carbocycles. The fourth-order valence-electron chi connectivity index (χ4n) is 2.44. The van der Waals surface area contributed by atoms with Crippen molar-refractivity contribution in [2.45, 2.75) is 12.8 Å². The Kier molecular flexibility index (Phi) is 6.25. The lowest BCUT2D eigenvalue weighted by Crippen LogP contribution is -2.14. The summed E-state index contributed by atoms with van der Waals surface area (Å²) in [6, 6.07) is 19.7. The van der Waals surface area contributed by atoms with E-state index >= 15 is 0 Å². The Morgan fingerprint density at radius 1 is 1.00 bits per heavy atom. The molecule has 0 aliphatic rings. The molecule has 0 atom stereocenters. The van der Waals surface area contributed by atoms with Crippen molar-refractivity contribution in [3.05, 3.63) is 72.9 Å². The molecule has 1 aromatic heterocycles. The van der Waals surface area contributed by atoms with Crippen LogP contribution in [0.3, 0.4) is 0 Å². The number of nitrogens with one attached hydrogen (secondary N) is 2. The van der Waals surface area contributed by atoms with Gasteiger partial charge in [0.1, 0.15) is 11.5 Å². The van der Waals surface area contributed by atoms with Crippen LogP contribution in [0.25, 0.3) is 0 Å². The van der Waals surface area contributed by atoms with Gasteiger partial charge in [-0.2, -0.15) is 0 Å². The van der Waals surface area contributed by atoms with Gasteiger partial charge in [-0.3, -0.25) is 4.79 Å². The van der Waals surface area contributed by atoms with Crippen LogP contribution < -0.4 is 15.4 Å². The number of amides is 1. The summed E-state index contributed by atoms with van der Waals surface area (Å²) in [4.78, 5) is 16.5. The van der Waals surface area contributed by atoms with Crippen molar-refractivity contribution in [3.63, 3.8) is 0 Å². The number of para-hydroxylation sites is 1. The standard InChI is InChI=1S/C21H21N3O3/c25-17-12-10-16(11-13-17)23-21-19(8-4-14-22-21)24-20(26)9-5-15-27-18-6-2-1-3-7-18/h1-4,6-8,10-14,25H,5,9,15H2,(H,22,23)(H,24,26). The number of carbonyl (C=O) groups is 1. The van der Waals surface area contributed by atoms with Gasteiger partial charge in [-0.15, -0.1) is 0 Å². The van der Waals surface area contributed by atoms with Crippen molar-refractivity contribution < 1.29 is 14.6 Å². The molecule has 0 spiro atoms. The quantitative estimate of drug-likeness (QED) is 0.410. The van der Waals surface area contributed by atoms with E-state index in [0.717, 1.165) is 11.4 Å². The van der Waals surface area contributed by atoms with Crippen LogP contribution in [0, 0.1) is 0 Å². The van der Waals surface area contributed by atoms with Gasteiger partial charge in [0, 0.05) is 18.3 Å². The van der Waals surface area contributed by atoms with Gasteiger partial charge in [-0.1, -0.05) is 18.2 Å². The lowest BCUT2D eigenvalue weighted by atomic mass is 10.2. The zero-order valence-corrected chi connectivity index (χ0v) is 14.8. The molecule has 138 valence electrons. The van der Waals surface area contributed by atoms with Gasteiger partial charge in [0.25, 0.3) is 0 Å². The summed E-state index contributed by atoms with van der Waals surface area (Å²) in [5.41, 5.74) is 1.36. The Balaban J connectivity index is 1.51. The number of rotatable bonds is 8. The number of benzene rings is 2. The van der Waals surface area contributed by atoms with Gasteiger partial charge < -0.3 is 20.5 Å². The molecule has 27 heavy (non-hydrogen) atoms. The number of nitrogens with zero attached hydrogens (tertiary/aromatic N) is 1. The second-order valence-corrected chi connectivity index (χ2v) is 5.88. The first-order valence-electron chi connectivity index (χ1n) is 8.69. The molecule has 0 aliphatic heterocycles. The van der Waals surface area contributed by atoms with Crippen LogP contribution in [0.4, 0.5) is 17.2 Å². The van der Waals surface area contributed by atoms with E-state index in [9.17, 15) is 9.90 Å². The Hall–Kier alpha value is -3.54. The molecule has 0 bridgehead atoms. The van der Waals surface area contributed by atoms with E-state index < -0.39 is 0 Å². The Morgan fingerprint density at radius 2 is 1.78 bits per heavy atom. The van der Waals surface area contributed by atoms with Gasteiger partial charge in [-0.25, -0.2) is 4.98 Å². The van der Waals surface area contributed by atoms with Crippen LogP contribution in [-0.2, 0) is 4.79 Å². The minimum atomic E-state index is -0.103. The van der Waals surface area contributed by atoms with Crippen molar-refractivity contribution in [2.24, 2.45) is 0 Å². The second-order valence-electron chi connectivity index (χ2n) is 5.88. The predicted octanol–water partition coefficient (Wildman–Crippen LogP) is 4.33. The van der Waals surface area contributed by atoms with Crippen molar-refractivity contribution in [2.75, 3.05) is 17.2 Å². The lowest BCUT2D eigenvalue weighted by Gasteiger charge is -2.12. The summed E-state index contributed by atoms with van der Waals surface area (Å²) in [5.74, 6) is 1.42. The van der Waals surface area contributed by atoms with Crippen LogP contribution in [0.2, 0.25) is 0 Å². The molecular formula is C21H21N3O3. The molecule has 3 aromatic rings. The summed E-state index contributed by atoms with van der Waals surface area (Å²) in [6.07, 6.45) is 2.61. The third-order valence-corrected chi connectivity index (χ3v) is 3.77. The lowest BCUT2D eigenvalue weighted by molar-refractivity contribution is -0.116. The monoisotopic (exact) mass is 363 g/mol. The molecule has 2 aromatic carbocycles. The fraction of sp³-hybridized carbons (Fsp3) is 0.143. The number of aromatic hydroxyl groups is 1. The van der Waals surface area contributed by atoms with E-state index in [-0.39, 0.29) is 11.7 Å². The summed E-state index contributed by atoms with van der Waals surface area (Å²) < 4.78 is 5.59. The van der Waals surface area contributed by atoms with E-state index in [1.165, 1.54) is 0 Å². The number of phenols is 1. The van der Waals surface area contributed by atoms with Gasteiger partial charge in [0.15, 0.2) is 5.82 Å². The molecule has 3 N–H and O–H groups in total. The number of phenolic OH excluding ortho intramolecular Hbond substituents is 1. The minimum Gasteiger partial charge on any atom is -0.508 e. The smallest absolute Gasteiger partial charge is 0.224 e. The largest absolute Gasteiger partial charge is 0.508 e. The Labute approximate surface area is 157 Å². The average molecular weight is 363 g/mol. The van der Waals surface area contributed by atoms with Crippen LogP contribution in [0.5, 0.6) is 11.5 Å². The molecule has 0 unspecified atom stereocenters. The Morgan fingerprint density at radius 3 is 2.56 bits per heavy atom. The highest BCUT2D eigenvalue weighted by Crippen LogP contribution is 2.24. The number of aromatic nitrogens is 1. The third-order valence-electron chi connectivity index (χ3n) is 3.77. The SMILES string of the molecule is O=C(CCCOc1ccccc1)Nc1cccnc1Nc1ccc(O)cc1. The van der Waals surface area contributed by atoms with Gasteiger partial charge in [0.05, 0.1) is 12.3 Å². The molecule has 1 amide bonds. The topological polar surface area (TPSA) is 83.5 Å². The molecule has 1 heterocycles. The van der Waals surface area contributed by atoms with E-state index in [2.05, 4.69) is 15.6 Å². The van der Waals surface area contributed by atoms with E-state index in [0.29, 0.717) is 31.0 Å². The van der Waals surface area contributed by atoms with Gasteiger partial charge >= 0.3 is 0 Å². The summed E-state index contributed by atoms with van der Waals surface area (Å²) in [7, 11) is 0. The number of hydrogen-bond donors (Lipinski definition) is 3. The average Bonchev–Trinajstić information content (AvgIpc) is 2.69. The maximum absolute atomic E-state index is 12.2.